The van der Waals surface area contributed by atoms with Gasteiger partial charge in [0.25, 0.3) is 5.89 Å². The van der Waals surface area contributed by atoms with E-state index in [2.05, 4.69) is 34.3 Å². The van der Waals surface area contributed by atoms with E-state index >= 15 is 4.39 Å². The second-order valence-corrected chi connectivity index (χ2v) is 9.00. The van der Waals surface area contributed by atoms with Crippen LogP contribution < -0.4 is 5.32 Å². The molecule has 164 valence electrons. The third kappa shape index (κ3) is 3.64. The largest absolute Gasteiger partial charge is 0.381 e. The van der Waals surface area contributed by atoms with Crippen molar-refractivity contribution in [3.05, 3.63) is 65.3 Å². The molecule has 1 aliphatic heterocycles. The van der Waals surface area contributed by atoms with Gasteiger partial charge in [-0.25, -0.2) is 4.39 Å². The molecule has 0 bridgehead atoms. The third-order valence-corrected chi connectivity index (χ3v) is 5.82. The van der Waals surface area contributed by atoms with Crippen LogP contribution in [0.25, 0.3) is 11.4 Å². The van der Waals surface area contributed by atoms with E-state index in [-0.39, 0.29) is 24.8 Å². The van der Waals surface area contributed by atoms with Crippen LogP contribution in [0.3, 0.4) is 0 Å². The summed E-state index contributed by atoms with van der Waals surface area (Å²) in [6.45, 7) is 7.27. The minimum atomic E-state index is -1.92. The molecule has 31 heavy (non-hydrogen) atoms. The van der Waals surface area contributed by atoms with Crippen molar-refractivity contribution < 1.29 is 19.1 Å². The molecule has 1 atom stereocenters. The van der Waals surface area contributed by atoms with E-state index in [0.717, 1.165) is 5.56 Å². The highest BCUT2D eigenvalue weighted by molar-refractivity contribution is 5.56. The number of hydrogen-bond donors (Lipinski definition) is 3. The number of pyridine rings is 1. The molecule has 0 amide bonds. The molecular weight excluding hydrogens is 399 g/mol. The van der Waals surface area contributed by atoms with Crippen molar-refractivity contribution in [1.82, 2.24) is 20.4 Å². The van der Waals surface area contributed by atoms with Gasteiger partial charge in [0.2, 0.25) is 5.82 Å². The highest BCUT2D eigenvalue weighted by Gasteiger charge is 2.57. The van der Waals surface area contributed by atoms with Crippen molar-refractivity contribution >= 4 is 0 Å². The second kappa shape index (κ2) is 7.47. The summed E-state index contributed by atoms with van der Waals surface area (Å²) in [5.74, 6) is 0.571. The van der Waals surface area contributed by atoms with E-state index in [4.69, 9.17) is 4.52 Å². The number of benzene rings is 1. The van der Waals surface area contributed by atoms with Crippen LogP contribution >= 0.6 is 0 Å². The minimum absolute atomic E-state index is 0.0186. The SMILES string of the molecule is CC(C)c1ccc(C(O)(c2cncc(-c3noc(C(C)(C)O)n3)c2)C2(F)CNC2)cc1. The first-order valence-electron chi connectivity index (χ1n) is 10.3. The molecular formula is C23H27FN4O3. The quantitative estimate of drug-likeness (QED) is 0.556. The van der Waals surface area contributed by atoms with Gasteiger partial charge in [-0.3, -0.25) is 4.98 Å². The Morgan fingerprint density at radius 1 is 1.10 bits per heavy atom. The molecule has 0 aliphatic carbocycles. The van der Waals surface area contributed by atoms with Gasteiger partial charge < -0.3 is 20.1 Å². The van der Waals surface area contributed by atoms with Gasteiger partial charge in [0, 0.05) is 36.6 Å². The number of halogens is 1. The summed E-state index contributed by atoms with van der Waals surface area (Å²) in [6, 6.07) is 8.96. The summed E-state index contributed by atoms with van der Waals surface area (Å²) < 4.78 is 21.0. The van der Waals surface area contributed by atoms with Crippen LogP contribution in [0.4, 0.5) is 4.39 Å². The lowest BCUT2D eigenvalue weighted by atomic mass is 9.71. The maximum Gasteiger partial charge on any atom is 0.258 e. The Morgan fingerprint density at radius 3 is 2.29 bits per heavy atom. The molecule has 0 spiro atoms. The van der Waals surface area contributed by atoms with E-state index in [1.54, 1.807) is 18.2 Å². The van der Waals surface area contributed by atoms with Crippen molar-refractivity contribution in [2.24, 2.45) is 0 Å². The van der Waals surface area contributed by atoms with E-state index in [0.29, 0.717) is 22.6 Å². The molecule has 1 aliphatic rings. The zero-order valence-electron chi connectivity index (χ0n) is 18.1. The standard InChI is InChI=1S/C23H27FN4O3/c1-14(2)15-5-7-17(8-6-15)23(30,22(24)12-26-13-22)18-9-16(10-25-11-18)19-27-20(31-28-19)21(3,4)29/h5-11,14,26,29-30H,12-13H2,1-4H3. The molecule has 3 aromatic rings. The van der Waals surface area contributed by atoms with Gasteiger partial charge in [-0.2, -0.15) is 4.98 Å². The molecule has 2 aromatic heterocycles. The van der Waals surface area contributed by atoms with Gasteiger partial charge in [-0.05, 0) is 37.0 Å². The smallest absolute Gasteiger partial charge is 0.258 e. The topological polar surface area (TPSA) is 104 Å². The summed E-state index contributed by atoms with van der Waals surface area (Å²) in [6.07, 6.45) is 2.96. The van der Waals surface area contributed by atoms with Crippen molar-refractivity contribution in [3.63, 3.8) is 0 Å². The van der Waals surface area contributed by atoms with Crippen LogP contribution in [0.1, 0.15) is 56.2 Å². The molecule has 8 heteroatoms. The summed E-state index contributed by atoms with van der Waals surface area (Å²) >= 11 is 0. The molecule has 0 radical (unpaired) electrons. The monoisotopic (exact) mass is 426 g/mol. The molecule has 3 heterocycles. The zero-order chi connectivity index (χ0) is 22.4. The normalized spacial score (nSPS) is 17.9. The number of nitrogens with one attached hydrogen (secondary N) is 1. The first-order valence-corrected chi connectivity index (χ1v) is 10.3. The van der Waals surface area contributed by atoms with Crippen LogP contribution in [-0.2, 0) is 11.2 Å². The van der Waals surface area contributed by atoms with Crippen molar-refractivity contribution in [2.45, 2.75) is 50.5 Å². The third-order valence-electron chi connectivity index (χ3n) is 5.82. The first-order chi connectivity index (χ1) is 14.5. The lowest BCUT2D eigenvalue weighted by Gasteiger charge is -2.48. The molecule has 7 nitrogen and oxygen atoms in total. The van der Waals surface area contributed by atoms with Crippen LogP contribution in [0.15, 0.2) is 47.2 Å². The number of aliphatic hydroxyl groups is 2. The average molecular weight is 426 g/mol. The van der Waals surface area contributed by atoms with Crippen molar-refractivity contribution in [2.75, 3.05) is 13.1 Å². The maximum absolute atomic E-state index is 15.9. The Labute approximate surface area is 180 Å². The van der Waals surface area contributed by atoms with Gasteiger partial charge in [0.05, 0.1) is 0 Å². The number of hydrogen-bond acceptors (Lipinski definition) is 7. The Balaban J connectivity index is 1.80. The molecule has 0 saturated carbocycles. The molecule has 3 N–H and O–H groups in total. The number of rotatable bonds is 6. The van der Waals surface area contributed by atoms with Crippen LogP contribution in [-0.4, -0.2) is 44.1 Å². The van der Waals surface area contributed by atoms with Crippen molar-refractivity contribution in [1.29, 1.82) is 0 Å². The average Bonchev–Trinajstić information content (AvgIpc) is 3.22. The predicted octanol–water partition coefficient (Wildman–Crippen LogP) is 3.03. The Morgan fingerprint density at radius 2 is 1.77 bits per heavy atom. The second-order valence-electron chi connectivity index (χ2n) is 9.00. The van der Waals surface area contributed by atoms with E-state index < -0.39 is 16.9 Å². The molecule has 1 fully saturated rings. The fourth-order valence-electron chi connectivity index (χ4n) is 3.74. The van der Waals surface area contributed by atoms with Crippen molar-refractivity contribution in [3.8, 4) is 11.4 Å². The van der Waals surface area contributed by atoms with Gasteiger partial charge in [0.15, 0.2) is 11.3 Å². The van der Waals surface area contributed by atoms with E-state index in [1.165, 1.54) is 26.2 Å². The van der Waals surface area contributed by atoms with Gasteiger partial charge in [-0.15, -0.1) is 0 Å². The van der Waals surface area contributed by atoms with Gasteiger partial charge in [-0.1, -0.05) is 43.3 Å². The van der Waals surface area contributed by atoms with Gasteiger partial charge in [0.1, 0.15) is 5.60 Å². The minimum Gasteiger partial charge on any atom is -0.381 e. The predicted molar refractivity (Wildman–Crippen MR) is 113 cm³/mol. The van der Waals surface area contributed by atoms with Crippen LogP contribution in [0, 0.1) is 0 Å². The Kier molecular flexibility index (Phi) is 5.20. The fraction of sp³-hybridized carbons (Fsp3) is 0.435. The maximum atomic E-state index is 15.9. The number of nitrogens with zero attached hydrogens (tertiary/aromatic N) is 3. The molecule has 1 saturated heterocycles. The molecule has 1 unspecified atom stereocenters. The van der Waals surface area contributed by atoms with Crippen LogP contribution in [0.2, 0.25) is 0 Å². The molecule has 1 aromatic carbocycles. The zero-order valence-corrected chi connectivity index (χ0v) is 18.1. The van der Waals surface area contributed by atoms with Gasteiger partial charge >= 0.3 is 0 Å². The van der Waals surface area contributed by atoms with E-state index in [9.17, 15) is 10.2 Å². The Hall–Kier alpha value is -2.68. The van der Waals surface area contributed by atoms with Crippen LogP contribution in [0.5, 0.6) is 0 Å². The molecule has 4 rings (SSSR count). The highest BCUT2D eigenvalue weighted by Crippen LogP contribution is 2.45. The highest BCUT2D eigenvalue weighted by atomic mass is 19.1. The summed E-state index contributed by atoms with van der Waals surface area (Å²) in [5, 5.41) is 28.7. The lowest BCUT2D eigenvalue weighted by molar-refractivity contribution is -0.108. The van der Waals surface area contributed by atoms with E-state index in [1.807, 2.05) is 12.1 Å². The lowest BCUT2D eigenvalue weighted by Crippen LogP contribution is -2.68. The Bertz CT molecular complexity index is 1070. The fourth-order valence-corrected chi connectivity index (χ4v) is 3.74. The summed E-state index contributed by atoms with van der Waals surface area (Å²) in [5.41, 5.74) is -2.82. The summed E-state index contributed by atoms with van der Waals surface area (Å²) in [4.78, 5) is 8.43. The number of aromatic nitrogens is 3. The summed E-state index contributed by atoms with van der Waals surface area (Å²) in [7, 11) is 0. The number of alkyl halides is 1. The first kappa shape index (κ1) is 21.5.